The number of ether oxygens (including phenoxy) is 1. The van der Waals surface area contributed by atoms with Crippen molar-refractivity contribution < 1.29 is 9.53 Å². The van der Waals surface area contributed by atoms with Gasteiger partial charge in [-0.2, -0.15) is 0 Å². The van der Waals surface area contributed by atoms with E-state index in [0.29, 0.717) is 47.8 Å². The minimum atomic E-state index is -0.150. The third-order valence-electron chi connectivity index (χ3n) is 4.59. The Kier molecular flexibility index (Phi) is 4.45. The molecule has 0 aliphatic carbocycles. The number of hydrogen-bond donors (Lipinski definition) is 2. The summed E-state index contributed by atoms with van der Waals surface area (Å²) in [6.07, 6.45) is 4.21. The summed E-state index contributed by atoms with van der Waals surface area (Å²) in [4.78, 5) is 14.8. The molecule has 0 saturated carbocycles. The van der Waals surface area contributed by atoms with Crippen molar-refractivity contribution in [2.24, 2.45) is 0 Å². The zero-order chi connectivity index (χ0) is 15.7. The fraction of sp³-hybridized carbons (Fsp3) is 0.562. The highest BCUT2D eigenvalue weighted by Gasteiger charge is 2.27. The predicted octanol–water partition coefficient (Wildman–Crippen LogP) is 2.42. The van der Waals surface area contributed by atoms with Crippen molar-refractivity contribution >= 4 is 23.2 Å². The van der Waals surface area contributed by atoms with Crippen LogP contribution in [-0.4, -0.2) is 36.7 Å². The van der Waals surface area contributed by atoms with Crippen molar-refractivity contribution in [1.29, 1.82) is 0 Å². The molecule has 120 valence electrons. The molecule has 6 heteroatoms. The van der Waals surface area contributed by atoms with E-state index in [-0.39, 0.29) is 5.91 Å². The SMILES string of the molecule is CCC1CCCN1CNC(=O)c1cc(N)c(Cl)c2c1OCC2. The van der Waals surface area contributed by atoms with Gasteiger partial charge >= 0.3 is 0 Å². The smallest absolute Gasteiger partial charge is 0.256 e. The van der Waals surface area contributed by atoms with Gasteiger partial charge in [0.05, 0.1) is 29.5 Å². The van der Waals surface area contributed by atoms with E-state index >= 15 is 0 Å². The number of nitrogens with two attached hydrogens (primary N) is 1. The number of fused-ring (bicyclic) bond motifs is 1. The van der Waals surface area contributed by atoms with Crippen LogP contribution in [0, 0.1) is 0 Å². The lowest BCUT2D eigenvalue weighted by Gasteiger charge is -2.23. The Bertz CT molecular complexity index is 591. The summed E-state index contributed by atoms with van der Waals surface area (Å²) >= 11 is 6.19. The third-order valence-corrected chi connectivity index (χ3v) is 5.04. The van der Waals surface area contributed by atoms with Crippen LogP contribution in [0.15, 0.2) is 6.07 Å². The van der Waals surface area contributed by atoms with Crippen LogP contribution in [0.2, 0.25) is 5.02 Å². The minimum absolute atomic E-state index is 0.150. The van der Waals surface area contributed by atoms with Gasteiger partial charge < -0.3 is 15.8 Å². The Morgan fingerprint density at radius 2 is 2.41 bits per heavy atom. The molecule has 2 aliphatic heterocycles. The number of nitrogen functional groups attached to an aromatic ring is 1. The quantitative estimate of drug-likeness (QED) is 0.835. The van der Waals surface area contributed by atoms with Gasteiger partial charge in [-0.25, -0.2) is 0 Å². The Morgan fingerprint density at radius 3 is 3.18 bits per heavy atom. The summed E-state index contributed by atoms with van der Waals surface area (Å²) in [6, 6.07) is 2.18. The highest BCUT2D eigenvalue weighted by atomic mass is 35.5. The Balaban J connectivity index is 1.73. The van der Waals surface area contributed by atoms with Crippen LogP contribution >= 0.6 is 11.6 Å². The average molecular weight is 324 g/mol. The van der Waals surface area contributed by atoms with E-state index in [4.69, 9.17) is 22.1 Å². The summed E-state index contributed by atoms with van der Waals surface area (Å²) in [7, 11) is 0. The molecule has 0 radical (unpaired) electrons. The maximum Gasteiger partial charge on any atom is 0.256 e. The van der Waals surface area contributed by atoms with Gasteiger partial charge in [-0.3, -0.25) is 9.69 Å². The molecule has 3 N–H and O–H groups in total. The predicted molar refractivity (Wildman–Crippen MR) is 87.4 cm³/mol. The molecular formula is C16H22ClN3O2. The van der Waals surface area contributed by atoms with Crippen LogP contribution in [0.4, 0.5) is 5.69 Å². The maximum atomic E-state index is 12.5. The highest BCUT2D eigenvalue weighted by Crippen LogP contribution is 2.38. The van der Waals surface area contributed by atoms with Crippen LogP contribution in [0.5, 0.6) is 5.75 Å². The zero-order valence-corrected chi connectivity index (χ0v) is 13.6. The molecule has 0 spiro atoms. The molecule has 1 aromatic rings. The van der Waals surface area contributed by atoms with Crippen molar-refractivity contribution in [3.05, 3.63) is 22.2 Å². The maximum absolute atomic E-state index is 12.5. The lowest BCUT2D eigenvalue weighted by Crippen LogP contribution is -2.40. The first-order valence-corrected chi connectivity index (χ1v) is 8.25. The number of anilines is 1. The monoisotopic (exact) mass is 323 g/mol. The molecule has 0 bridgehead atoms. The van der Waals surface area contributed by atoms with E-state index in [2.05, 4.69) is 17.1 Å². The molecule has 1 unspecified atom stereocenters. The molecular weight excluding hydrogens is 302 g/mol. The van der Waals surface area contributed by atoms with Crippen LogP contribution in [0.3, 0.4) is 0 Å². The molecule has 1 aromatic carbocycles. The molecule has 2 heterocycles. The third kappa shape index (κ3) is 2.75. The second-order valence-electron chi connectivity index (χ2n) is 5.91. The van der Waals surface area contributed by atoms with Gasteiger partial charge in [0.15, 0.2) is 0 Å². The number of hydrogen-bond acceptors (Lipinski definition) is 4. The summed E-state index contributed by atoms with van der Waals surface area (Å²) in [6.45, 7) is 4.33. The summed E-state index contributed by atoms with van der Waals surface area (Å²) in [5, 5.41) is 3.50. The van der Waals surface area contributed by atoms with Crippen LogP contribution in [0.1, 0.15) is 42.1 Å². The number of halogens is 1. The van der Waals surface area contributed by atoms with Crippen molar-refractivity contribution in [3.63, 3.8) is 0 Å². The van der Waals surface area contributed by atoms with Crippen LogP contribution < -0.4 is 15.8 Å². The second-order valence-corrected chi connectivity index (χ2v) is 6.29. The number of carbonyl (C=O) groups is 1. The van der Waals surface area contributed by atoms with Crippen LogP contribution in [-0.2, 0) is 6.42 Å². The molecule has 1 amide bonds. The number of carbonyl (C=O) groups excluding carboxylic acids is 1. The topological polar surface area (TPSA) is 67.6 Å². The van der Waals surface area contributed by atoms with Gasteiger partial charge in [0.25, 0.3) is 5.91 Å². The van der Waals surface area contributed by atoms with Gasteiger partial charge in [0, 0.05) is 24.6 Å². The van der Waals surface area contributed by atoms with Crippen molar-refractivity contribution in [3.8, 4) is 5.75 Å². The Hall–Kier alpha value is -1.46. The van der Waals surface area contributed by atoms with Crippen molar-refractivity contribution in [2.75, 3.05) is 25.6 Å². The first-order valence-electron chi connectivity index (χ1n) is 7.87. The summed E-state index contributed by atoms with van der Waals surface area (Å²) < 4.78 is 5.59. The van der Waals surface area contributed by atoms with E-state index in [1.54, 1.807) is 6.07 Å². The van der Waals surface area contributed by atoms with Gasteiger partial charge in [-0.15, -0.1) is 0 Å². The van der Waals surface area contributed by atoms with Crippen molar-refractivity contribution in [2.45, 2.75) is 38.6 Å². The van der Waals surface area contributed by atoms with E-state index in [9.17, 15) is 4.79 Å². The fourth-order valence-corrected chi connectivity index (χ4v) is 3.60. The van der Waals surface area contributed by atoms with Gasteiger partial charge in [-0.05, 0) is 25.3 Å². The summed E-state index contributed by atoms with van der Waals surface area (Å²) in [5.41, 5.74) is 7.68. The second kappa shape index (κ2) is 6.34. The number of nitrogens with zero attached hydrogens (tertiary/aromatic N) is 1. The first kappa shape index (κ1) is 15.4. The number of benzene rings is 1. The van der Waals surface area contributed by atoms with Gasteiger partial charge in [0.2, 0.25) is 0 Å². The van der Waals surface area contributed by atoms with E-state index < -0.39 is 0 Å². The number of amides is 1. The standard InChI is InChI=1S/C16H22ClN3O2/c1-2-10-4-3-6-20(10)9-19-16(21)12-8-13(18)14(17)11-5-7-22-15(11)12/h8,10H,2-7,9,18H2,1H3,(H,19,21). The zero-order valence-electron chi connectivity index (χ0n) is 12.8. The lowest BCUT2D eigenvalue weighted by atomic mass is 10.1. The molecule has 5 nitrogen and oxygen atoms in total. The van der Waals surface area contributed by atoms with Gasteiger partial charge in [0.1, 0.15) is 5.75 Å². The Labute approximate surface area is 135 Å². The number of nitrogens with one attached hydrogen (secondary N) is 1. The largest absolute Gasteiger partial charge is 0.492 e. The molecule has 22 heavy (non-hydrogen) atoms. The lowest BCUT2D eigenvalue weighted by molar-refractivity contribution is 0.0914. The molecule has 1 atom stereocenters. The molecule has 0 aromatic heterocycles. The number of rotatable bonds is 4. The average Bonchev–Trinajstić information content (AvgIpc) is 3.16. The summed E-state index contributed by atoms with van der Waals surface area (Å²) in [5.74, 6) is 0.438. The first-order chi connectivity index (χ1) is 10.6. The van der Waals surface area contributed by atoms with E-state index in [0.717, 1.165) is 18.5 Å². The van der Waals surface area contributed by atoms with E-state index in [1.807, 2.05) is 0 Å². The van der Waals surface area contributed by atoms with E-state index in [1.165, 1.54) is 12.8 Å². The van der Waals surface area contributed by atoms with Crippen LogP contribution in [0.25, 0.3) is 0 Å². The number of likely N-dealkylation sites (tertiary alicyclic amines) is 1. The van der Waals surface area contributed by atoms with Gasteiger partial charge in [-0.1, -0.05) is 18.5 Å². The molecule has 2 aliphatic rings. The molecule has 1 fully saturated rings. The highest BCUT2D eigenvalue weighted by molar-refractivity contribution is 6.34. The normalized spacial score (nSPS) is 20.7. The Morgan fingerprint density at radius 1 is 1.59 bits per heavy atom. The fourth-order valence-electron chi connectivity index (χ4n) is 3.37. The van der Waals surface area contributed by atoms with Crippen molar-refractivity contribution in [1.82, 2.24) is 10.2 Å². The molecule has 1 saturated heterocycles. The minimum Gasteiger partial charge on any atom is -0.492 e. The molecule has 3 rings (SSSR count).